The Hall–Kier alpha value is -0.0400. The molecular formula is C12H23N. The zero-order chi connectivity index (χ0) is 9.64. The van der Waals surface area contributed by atoms with E-state index in [2.05, 4.69) is 32.6 Å². The number of nitrogens with zero attached hydrogens (tertiary/aromatic N) is 1. The molecule has 1 heteroatoms. The minimum Gasteiger partial charge on any atom is -0.292 e. The Morgan fingerprint density at radius 3 is 2.38 bits per heavy atom. The van der Waals surface area contributed by atoms with Gasteiger partial charge in [0.25, 0.3) is 0 Å². The van der Waals surface area contributed by atoms with Gasteiger partial charge in [0.1, 0.15) is 0 Å². The number of hydrogen-bond donors (Lipinski definition) is 0. The molecule has 2 aliphatic rings. The van der Waals surface area contributed by atoms with E-state index in [1.54, 1.807) is 0 Å². The standard InChI is InChI=1S/C12H23N/c1-5-11-9-6-7-10(8-9)13(11)12(2,3)4/h9-11H,5-8H2,1-4H3. The largest absolute Gasteiger partial charge is 0.292 e. The third-order valence-corrected chi connectivity index (χ3v) is 3.93. The van der Waals surface area contributed by atoms with Crippen molar-refractivity contribution in [2.75, 3.05) is 0 Å². The predicted molar refractivity (Wildman–Crippen MR) is 56.8 cm³/mol. The van der Waals surface area contributed by atoms with Crippen LogP contribution in [0.15, 0.2) is 0 Å². The molecule has 0 aromatic rings. The molecule has 1 saturated carbocycles. The highest BCUT2D eigenvalue weighted by molar-refractivity contribution is 5.03. The molecule has 1 aliphatic carbocycles. The third-order valence-electron chi connectivity index (χ3n) is 3.93. The molecule has 13 heavy (non-hydrogen) atoms. The fourth-order valence-electron chi connectivity index (χ4n) is 3.67. The van der Waals surface area contributed by atoms with Gasteiger partial charge >= 0.3 is 0 Å². The summed E-state index contributed by atoms with van der Waals surface area (Å²) in [6.45, 7) is 9.47. The van der Waals surface area contributed by atoms with E-state index >= 15 is 0 Å². The van der Waals surface area contributed by atoms with Gasteiger partial charge in [-0.05, 0) is 52.4 Å². The highest BCUT2D eigenvalue weighted by Gasteiger charge is 2.48. The molecule has 1 nitrogen and oxygen atoms in total. The van der Waals surface area contributed by atoms with Crippen molar-refractivity contribution in [3.05, 3.63) is 0 Å². The Morgan fingerprint density at radius 1 is 1.23 bits per heavy atom. The second-order valence-corrected chi connectivity index (χ2v) is 5.78. The zero-order valence-corrected chi connectivity index (χ0v) is 9.51. The van der Waals surface area contributed by atoms with Crippen LogP contribution in [0.25, 0.3) is 0 Å². The quantitative estimate of drug-likeness (QED) is 0.601. The molecule has 2 fully saturated rings. The summed E-state index contributed by atoms with van der Waals surface area (Å²) in [4.78, 5) is 2.79. The summed E-state index contributed by atoms with van der Waals surface area (Å²) in [6, 6.07) is 1.80. The van der Waals surface area contributed by atoms with Crippen molar-refractivity contribution in [2.45, 2.75) is 71.0 Å². The first kappa shape index (κ1) is 9.51. The van der Waals surface area contributed by atoms with Crippen LogP contribution in [0, 0.1) is 5.92 Å². The van der Waals surface area contributed by atoms with E-state index in [0.717, 1.165) is 18.0 Å². The molecule has 0 radical (unpaired) electrons. The number of piperidine rings is 1. The summed E-state index contributed by atoms with van der Waals surface area (Å²) in [5.41, 5.74) is 0.389. The number of rotatable bonds is 1. The SMILES string of the molecule is CCC1C2CCC(C2)N1C(C)(C)C. The summed E-state index contributed by atoms with van der Waals surface area (Å²) in [7, 11) is 0. The highest BCUT2D eigenvalue weighted by Crippen LogP contribution is 2.46. The summed E-state index contributed by atoms with van der Waals surface area (Å²) in [5, 5.41) is 0. The predicted octanol–water partition coefficient (Wildman–Crippen LogP) is 3.05. The molecule has 3 unspecified atom stereocenters. The first-order valence-corrected chi connectivity index (χ1v) is 5.82. The van der Waals surface area contributed by atoms with Gasteiger partial charge in [-0.25, -0.2) is 0 Å². The summed E-state index contributed by atoms with van der Waals surface area (Å²) in [5.74, 6) is 1.02. The fourth-order valence-corrected chi connectivity index (χ4v) is 3.67. The van der Waals surface area contributed by atoms with E-state index in [0.29, 0.717) is 5.54 Å². The van der Waals surface area contributed by atoms with Crippen LogP contribution in [0.1, 0.15) is 53.4 Å². The second-order valence-electron chi connectivity index (χ2n) is 5.78. The Balaban J connectivity index is 2.18. The number of fused-ring (bicyclic) bond motifs is 2. The van der Waals surface area contributed by atoms with Gasteiger partial charge in [-0.15, -0.1) is 0 Å². The van der Waals surface area contributed by atoms with E-state index < -0.39 is 0 Å². The highest BCUT2D eigenvalue weighted by atomic mass is 15.3. The lowest BCUT2D eigenvalue weighted by Gasteiger charge is -2.44. The van der Waals surface area contributed by atoms with Gasteiger partial charge in [0.2, 0.25) is 0 Å². The van der Waals surface area contributed by atoms with Crippen LogP contribution in [0.3, 0.4) is 0 Å². The van der Waals surface area contributed by atoms with Gasteiger partial charge in [0.05, 0.1) is 0 Å². The summed E-state index contributed by atoms with van der Waals surface area (Å²) >= 11 is 0. The van der Waals surface area contributed by atoms with Gasteiger partial charge in [-0.2, -0.15) is 0 Å². The lowest BCUT2D eigenvalue weighted by atomic mass is 9.92. The number of hydrogen-bond acceptors (Lipinski definition) is 1. The van der Waals surface area contributed by atoms with E-state index in [1.807, 2.05) is 0 Å². The molecule has 0 N–H and O–H groups in total. The van der Waals surface area contributed by atoms with Crippen molar-refractivity contribution < 1.29 is 0 Å². The maximum Gasteiger partial charge on any atom is 0.0131 e. The Labute approximate surface area is 82.5 Å². The van der Waals surface area contributed by atoms with Crippen molar-refractivity contribution in [3.8, 4) is 0 Å². The second kappa shape index (κ2) is 2.98. The van der Waals surface area contributed by atoms with Crippen LogP contribution in [0.4, 0.5) is 0 Å². The minimum absolute atomic E-state index is 0.389. The first-order chi connectivity index (χ1) is 6.04. The maximum atomic E-state index is 2.79. The first-order valence-electron chi connectivity index (χ1n) is 5.82. The summed E-state index contributed by atoms with van der Waals surface area (Å²) in [6.07, 6.45) is 5.78. The molecule has 2 bridgehead atoms. The van der Waals surface area contributed by atoms with Crippen molar-refractivity contribution in [2.24, 2.45) is 5.92 Å². The van der Waals surface area contributed by atoms with Crippen LogP contribution >= 0.6 is 0 Å². The Morgan fingerprint density at radius 2 is 1.92 bits per heavy atom. The van der Waals surface area contributed by atoms with Crippen LogP contribution in [0.5, 0.6) is 0 Å². The zero-order valence-electron chi connectivity index (χ0n) is 9.51. The van der Waals surface area contributed by atoms with Gasteiger partial charge in [-0.3, -0.25) is 4.90 Å². The van der Waals surface area contributed by atoms with Gasteiger partial charge < -0.3 is 0 Å². The fraction of sp³-hybridized carbons (Fsp3) is 1.00. The molecule has 0 aromatic heterocycles. The van der Waals surface area contributed by atoms with Crippen molar-refractivity contribution in [1.82, 2.24) is 4.90 Å². The van der Waals surface area contributed by atoms with Crippen molar-refractivity contribution >= 4 is 0 Å². The lowest BCUT2D eigenvalue weighted by Crippen LogP contribution is -2.51. The van der Waals surface area contributed by atoms with Crippen molar-refractivity contribution in [1.29, 1.82) is 0 Å². The van der Waals surface area contributed by atoms with Gasteiger partial charge in [0.15, 0.2) is 0 Å². The molecule has 0 aromatic carbocycles. The monoisotopic (exact) mass is 181 g/mol. The Bertz CT molecular complexity index is 192. The molecule has 2 rings (SSSR count). The van der Waals surface area contributed by atoms with Crippen LogP contribution in [0.2, 0.25) is 0 Å². The minimum atomic E-state index is 0.389. The van der Waals surface area contributed by atoms with E-state index in [-0.39, 0.29) is 0 Å². The summed E-state index contributed by atoms with van der Waals surface area (Å²) < 4.78 is 0. The average molecular weight is 181 g/mol. The molecule has 0 spiro atoms. The maximum absolute atomic E-state index is 2.79. The molecular weight excluding hydrogens is 158 g/mol. The van der Waals surface area contributed by atoms with E-state index in [9.17, 15) is 0 Å². The molecule has 1 aliphatic heterocycles. The molecule has 1 heterocycles. The number of likely N-dealkylation sites (tertiary alicyclic amines) is 1. The van der Waals surface area contributed by atoms with Gasteiger partial charge in [0, 0.05) is 17.6 Å². The van der Waals surface area contributed by atoms with E-state index in [1.165, 1.54) is 25.7 Å². The Kier molecular flexibility index (Phi) is 2.18. The van der Waals surface area contributed by atoms with Crippen LogP contribution in [-0.4, -0.2) is 22.5 Å². The van der Waals surface area contributed by atoms with Crippen molar-refractivity contribution in [3.63, 3.8) is 0 Å². The average Bonchev–Trinajstić information content (AvgIpc) is 2.59. The molecule has 1 saturated heterocycles. The van der Waals surface area contributed by atoms with Gasteiger partial charge in [-0.1, -0.05) is 6.92 Å². The van der Waals surface area contributed by atoms with Crippen LogP contribution < -0.4 is 0 Å². The normalized spacial score (nSPS) is 40.2. The molecule has 76 valence electrons. The third kappa shape index (κ3) is 1.41. The molecule has 0 amide bonds. The smallest absolute Gasteiger partial charge is 0.0131 e. The van der Waals surface area contributed by atoms with E-state index in [4.69, 9.17) is 0 Å². The molecule has 3 atom stereocenters. The lowest BCUT2D eigenvalue weighted by molar-refractivity contribution is 0.0412. The van der Waals surface area contributed by atoms with Crippen LogP contribution in [-0.2, 0) is 0 Å². The topological polar surface area (TPSA) is 3.24 Å².